The second kappa shape index (κ2) is 9.62. The van der Waals surface area contributed by atoms with Crippen molar-refractivity contribution in [1.82, 2.24) is 0 Å². The number of carbonyl (C=O) groups is 3. The summed E-state index contributed by atoms with van der Waals surface area (Å²) >= 11 is 0. The molecule has 1 aromatic rings. The molecule has 1 heterocycles. The average molecular weight is 420 g/mol. The second-order valence-corrected chi connectivity index (χ2v) is 8.35. The molecule has 164 valence electrons. The van der Waals surface area contributed by atoms with Crippen molar-refractivity contribution in [3.63, 3.8) is 0 Å². The van der Waals surface area contributed by atoms with Gasteiger partial charge in [0.25, 0.3) is 0 Å². The number of Topliss-reactive ketones (excluding diaryl/α,β-unsaturated/α-hetero) is 1. The van der Waals surface area contributed by atoms with E-state index in [9.17, 15) is 14.4 Å². The van der Waals surface area contributed by atoms with Gasteiger partial charge in [0.15, 0.2) is 0 Å². The monoisotopic (exact) mass is 420 g/mol. The van der Waals surface area contributed by atoms with E-state index in [0.717, 1.165) is 11.0 Å². The van der Waals surface area contributed by atoms with Crippen molar-refractivity contribution >= 4 is 30.5 Å². The van der Waals surface area contributed by atoms with Gasteiger partial charge in [0.2, 0.25) is 0 Å². The van der Waals surface area contributed by atoms with Crippen LogP contribution in [0.2, 0.25) is 0 Å². The predicted molar refractivity (Wildman–Crippen MR) is 109 cm³/mol. The van der Waals surface area contributed by atoms with E-state index < -0.39 is 42.1 Å². The molecule has 0 bridgehead atoms. The van der Waals surface area contributed by atoms with Crippen LogP contribution in [0.5, 0.6) is 0 Å². The standard InChI is InChI=1S/C21H29BO8/c1-14(18(24)25)17(23)7-6-12-27-19(26)28-13-15-8-10-16(11-9-15)22-29-20(2,3)21(4,5)30-22/h8-11,14H,6-7,12-13H2,1-5H3,(H,24,25). The maximum atomic E-state index is 11.7. The predicted octanol–water partition coefficient (Wildman–Crippen LogP) is 2.71. The number of carboxylic acids is 1. The molecule has 1 saturated heterocycles. The van der Waals surface area contributed by atoms with Crippen molar-refractivity contribution in [2.45, 2.75) is 65.3 Å². The molecule has 1 fully saturated rings. The van der Waals surface area contributed by atoms with E-state index in [1.54, 1.807) is 0 Å². The highest BCUT2D eigenvalue weighted by Crippen LogP contribution is 2.36. The van der Waals surface area contributed by atoms with Crippen LogP contribution < -0.4 is 5.46 Å². The zero-order valence-corrected chi connectivity index (χ0v) is 18.1. The average Bonchev–Trinajstić information content (AvgIpc) is 2.90. The topological polar surface area (TPSA) is 108 Å². The Morgan fingerprint density at radius 1 is 1.03 bits per heavy atom. The van der Waals surface area contributed by atoms with E-state index in [1.807, 2.05) is 52.0 Å². The van der Waals surface area contributed by atoms with Gasteiger partial charge in [-0.25, -0.2) is 4.79 Å². The van der Waals surface area contributed by atoms with Crippen molar-refractivity contribution < 1.29 is 38.3 Å². The highest BCUT2D eigenvalue weighted by Gasteiger charge is 2.51. The Hall–Kier alpha value is -2.39. The lowest BCUT2D eigenvalue weighted by molar-refractivity contribution is -0.145. The van der Waals surface area contributed by atoms with Crippen molar-refractivity contribution in [2.24, 2.45) is 5.92 Å². The number of aliphatic carboxylic acids is 1. The Kier molecular flexibility index (Phi) is 7.66. The van der Waals surface area contributed by atoms with E-state index in [4.69, 9.17) is 23.9 Å². The molecule has 1 aliphatic heterocycles. The van der Waals surface area contributed by atoms with Crippen molar-refractivity contribution in [3.8, 4) is 0 Å². The second-order valence-electron chi connectivity index (χ2n) is 8.35. The van der Waals surface area contributed by atoms with Crippen LogP contribution in [0.4, 0.5) is 4.79 Å². The van der Waals surface area contributed by atoms with Gasteiger partial charge in [-0.15, -0.1) is 0 Å². The van der Waals surface area contributed by atoms with Gasteiger partial charge < -0.3 is 23.9 Å². The third kappa shape index (κ3) is 6.06. The summed E-state index contributed by atoms with van der Waals surface area (Å²) in [6.45, 7) is 9.31. The molecule has 0 radical (unpaired) electrons. The molecule has 1 aliphatic rings. The van der Waals surface area contributed by atoms with Gasteiger partial charge in [0.1, 0.15) is 18.3 Å². The first-order valence-corrected chi connectivity index (χ1v) is 9.92. The first kappa shape index (κ1) is 23.9. The third-order valence-corrected chi connectivity index (χ3v) is 5.50. The van der Waals surface area contributed by atoms with Gasteiger partial charge >= 0.3 is 19.2 Å². The highest BCUT2D eigenvalue weighted by atomic mass is 16.7. The van der Waals surface area contributed by atoms with Crippen molar-refractivity contribution in [2.75, 3.05) is 6.61 Å². The van der Waals surface area contributed by atoms with Crippen LogP contribution in [-0.4, -0.2) is 47.9 Å². The first-order chi connectivity index (χ1) is 13.9. The van der Waals surface area contributed by atoms with Gasteiger partial charge in [0.05, 0.1) is 17.8 Å². The molecule has 0 saturated carbocycles. The van der Waals surface area contributed by atoms with Crippen molar-refractivity contribution in [1.29, 1.82) is 0 Å². The molecule has 0 aromatic heterocycles. The third-order valence-electron chi connectivity index (χ3n) is 5.50. The van der Waals surface area contributed by atoms with Gasteiger partial charge in [-0.2, -0.15) is 0 Å². The molecular formula is C21H29BO8. The van der Waals surface area contributed by atoms with Gasteiger partial charge in [-0.05, 0) is 52.1 Å². The molecule has 8 nitrogen and oxygen atoms in total. The molecule has 1 unspecified atom stereocenters. The number of carbonyl (C=O) groups excluding carboxylic acids is 2. The Morgan fingerprint density at radius 2 is 1.60 bits per heavy atom. The number of rotatable bonds is 9. The number of hydrogen-bond acceptors (Lipinski definition) is 7. The molecule has 1 atom stereocenters. The van der Waals surface area contributed by atoms with Crippen LogP contribution in [0.25, 0.3) is 0 Å². The summed E-state index contributed by atoms with van der Waals surface area (Å²) in [7, 11) is -0.457. The Balaban J connectivity index is 1.72. The molecule has 1 N–H and O–H groups in total. The van der Waals surface area contributed by atoms with Gasteiger partial charge in [-0.1, -0.05) is 24.3 Å². The maximum Gasteiger partial charge on any atom is 0.508 e. The summed E-state index contributed by atoms with van der Waals surface area (Å²) in [6.07, 6.45) is -0.570. The van der Waals surface area contributed by atoms with E-state index in [-0.39, 0.29) is 26.1 Å². The van der Waals surface area contributed by atoms with Crippen LogP contribution in [0, 0.1) is 5.92 Å². The Bertz CT molecular complexity index is 756. The molecule has 0 spiro atoms. The summed E-state index contributed by atoms with van der Waals surface area (Å²) in [4.78, 5) is 33.9. The van der Waals surface area contributed by atoms with Crippen LogP contribution in [-0.2, 0) is 35.0 Å². The van der Waals surface area contributed by atoms with Crippen LogP contribution in [0.3, 0.4) is 0 Å². The number of ether oxygens (including phenoxy) is 2. The van der Waals surface area contributed by atoms with Crippen LogP contribution in [0.15, 0.2) is 24.3 Å². The summed E-state index contributed by atoms with van der Waals surface area (Å²) < 4.78 is 22.0. The molecule has 9 heteroatoms. The normalized spacial score (nSPS) is 18.0. The van der Waals surface area contributed by atoms with E-state index in [2.05, 4.69) is 0 Å². The molecule has 0 aliphatic carbocycles. The first-order valence-electron chi connectivity index (χ1n) is 9.92. The number of hydrogen-bond donors (Lipinski definition) is 1. The smallest absolute Gasteiger partial charge is 0.481 e. The summed E-state index contributed by atoms with van der Waals surface area (Å²) in [5.41, 5.74) is 0.816. The van der Waals surface area contributed by atoms with Gasteiger partial charge in [-0.3, -0.25) is 9.59 Å². The summed E-state index contributed by atoms with van der Waals surface area (Å²) in [5, 5.41) is 8.76. The maximum absolute atomic E-state index is 11.7. The summed E-state index contributed by atoms with van der Waals surface area (Å²) in [5.74, 6) is -2.62. The van der Waals surface area contributed by atoms with Crippen LogP contribution in [0.1, 0.15) is 53.0 Å². The van der Waals surface area contributed by atoms with Gasteiger partial charge in [0, 0.05) is 6.42 Å². The fourth-order valence-corrected chi connectivity index (χ4v) is 2.69. The van der Waals surface area contributed by atoms with E-state index >= 15 is 0 Å². The number of ketones is 1. The lowest BCUT2D eigenvalue weighted by Gasteiger charge is -2.32. The Labute approximate surface area is 177 Å². The Morgan fingerprint density at radius 3 is 2.13 bits per heavy atom. The molecule has 1 aromatic carbocycles. The lowest BCUT2D eigenvalue weighted by Crippen LogP contribution is -2.41. The SMILES string of the molecule is CC(C(=O)O)C(=O)CCCOC(=O)OCc1ccc(B2OC(C)(C)C(C)(C)O2)cc1. The minimum absolute atomic E-state index is 0.0161. The lowest BCUT2D eigenvalue weighted by atomic mass is 9.79. The fraction of sp³-hybridized carbons (Fsp3) is 0.571. The van der Waals surface area contributed by atoms with Crippen molar-refractivity contribution in [3.05, 3.63) is 29.8 Å². The largest absolute Gasteiger partial charge is 0.508 e. The zero-order valence-electron chi connectivity index (χ0n) is 18.1. The zero-order chi connectivity index (χ0) is 22.5. The molecule has 30 heavy (non-hydrogen) atoms. The fourth-order valence-electron chi connectivity index (χ4n) is 2.69. The van der Waals surface area contributed by atoms with E-state index in [1.165, 1.54) is 6.92 Å². The molecular weight excluding hydrogens is 391 g/mol. The molecule has 2 rings (SSSR count). The van der Waals surface area contributed by atoms with E-state index in [0.29, 0.717) is 0 Å². The number of carboxylic acid groups (broad SMARTS) is 1. The quantitative estimate of drug-likeness (QED) is 0.281. The van der Waals surface area contributed by atoms with Crippen LogP contribution >= 0.6 is 0 Å². The number of benzene rings is 1. The highest BCUT2D eigenvalue weighted by molar-refractivity contribution is 6.62. The summed E-state index contributed by atoms with van der Waals surface area (Å²) in [6, 6.07) is 7.36. The minimum atomic E-state index is -1.16. The molecule has 0 amide bonds. The minimum Gasteiger partial charge on any atom is -0.481 e.